The molecule has 1 saturated heterocycles. The highest BCUT2D eigenvalue weighted by atomic mass is 16.7. The van der Waals surface area contributed by atoms with Gasteiger partial charge >= 0.3 is 0 Å². The molecule has 0 unspecified atom stereocenters. The van der Waals surface area contributed by atoms with E-state index >= 15 is 0 Å². The number of phenolic OH excluding ortho intramolecular Hbond substituents is 1. The molecule has 5 atom stereocenters. The summed E-state index contributed by atoms with van der Waals surface area (Å²) >= 11 is 0. The van der Waals surface area contributed by atoms with E-state index in [1.165, 1.54) is 0 Å². The summed E-state index contributed by atoms with van der Waals surface area (Å²) in [6.07, 6.45) is -6.41. The van der Waals surface area contributed by atoms with Crippen molar-refractivity contribution in [1.82, 2.24) is 9.78 Å². The number of phenols is 1. The number of rotatable bonds is 6. The molecule has 5 N–H and O–H groups in total. The Balaban J connectivity index is 1.91. The van der Waals surface area contributed by atoms with Gasteiger partial charge in [0.15, 0.2) is 0 Å². The number of aliphatic hydroxyl groups is 4. The first-order chi connectivity index (χ1) is 13.7. The smallest absolute Gasteiger partial charge is 0.239 e. The van der Waals surface area contributed by atoms with Crippen molar-refractivity contribution >= 4 is 0 Å². The molecule has 29 heavy (non-hydrogen) atoms. The lowest BCUT2D eigenvalue weighted by Crippen LogP contribution is -2.60. The first-order valence-electron chi connectivity index (χ1n) is 9.56. The summed E-state index contributed by atoms with van der Waals surface area (Å²) in [6.45, 7) is 5.32. The molecule has 9 heteroatoms. The lowest BCUT2D eigenvalue weighted by molar-refractivity contribution is -0.278. The van der Waals surface area contributed by atoms with Crippen LogP contribution in [0, 0.1) is 6.92 Å². The van der Waals surface area contributed by atoms with Crippen LogP contribution in [0.2, 0.25) is 0 Å². The Morgan fingerprint density at radius 2 is 1.76 bits per heavy atom. The molecule has 1 aromatic heterocycles. The fraction of sp³-hybridized carbons (Fsp3) is 0.550. The van der Waals surface area contributed by atoms with Gasteiger partial charge in [0.2, 0.25) is 12.2 Å². The van der Waals surface area contributed by atoms with E-state index in [0.29, 0.717) is 6.42 Å². The minimum absolute atomic E-state index is 0.0562. The summed E-state index contributed by atoms with van der Waals surface area (Å²) in [5.74, 6) is 0.398. The molecule has 3 rings (SSSR count). The fourth-order valence-corrected chi connectivity index (χ4v) is 3.42. The molecule has 1 fully saturated rings. The quantitative estimate of drug-likeness (QED) is 0.459. The van der Waals surface area contributed by atoms with Crippen LogP contribution < -0.4 is 4.74 Å². The highest BCUT2D eigenvalue weighted by Crippen LogP contribution is 2.30. The maximum Gasteiger partial charge on any atom is 0.239 e. The van der Waals surface area contributed by atoms with Crippen LogP contribution in [-0.2, 0) is 11.2 Å². The van der Waals surface area contributed by atoms with Gasteiger partial charge in [-0.05, 0) is 38.5 Å². The Morgan fingerprint density at radius 3 is 2.34 bits per heavy atom. The van der Waals surface area contributed by atoms with Crippen LogP contribution in [-0.4, -0.2) is 72.6 Å². The molecule has 2 heterocycles. The molecular weight excluding hydrogens is 380 g/mol. The highest BCUT2D eigenvalue weighted by Gasteiger charge is 2.45. The largest absolute Gasteiger partial charge is 0.508 e. The number of nitrogens with zero attached hydrogens (tertiary/aromatic N) is 2. The van der Waals surface area contributed by atoms with Crippen molar-refractivity contribution in [2.45, 2.75) is 63.9 Å². The Morgan fingerprint density at radius 1 is 1.10 bits per heavy atom. The van der Waals surface area contributed by atoms with E-state index in [2.05, 4.69) is 5.10 Å². The molecule has 0 spiro atoms. The number of benzene rings is 1. The summed E-state index contributed by atoms with van der Waals surface area (Å²) in [5.41, 5.74) is 2.56. The van der Waals surface area contributed by atoms with Crippen molar-refractivity contribution in [3.63, 3.8) is 0 Å². The van der Waals surface area contributed by atoms with Gasteiger partial charge in [-0.1, -0.05) is 12.1 Å². The first kappa shape index (κ1) is 21.5. The Bertz CT molecular complexity index is 819. The van der Waals surface area contributed by atoms with Gasteiger partial charge in [0.1, 0.15) is 30.2 Å². The second kappa shape index (κ2) is 8.68. The Labute approximate surface area is 168 Å². The average molecular weight is 408 g/mol. The van der Waals surface area contributed by atoms with Crippen molar-refractivity contribution in [2.75, 3.05) is 6.61 Å². The molecule has 1 aromatic carbocycles. The lowest BCUT2D eigenvalue weighted by Gasteiger charge is -2.39. The van der Waals surface area contributed by atoms with E-state index < -0.39 is 37.3 Å². The predicted molar refractivity (Wildman–Crippen MR) is 103 cm³/mol. The van der Waals surface area contributed by atoms with E-state index in [4.69, 9.17) is 9.47 Å². The third-order valence-electron chi connectivity index (χ3n) is 5.12. The van der Waals surface area contributed by atoms with E-state index in [0.717, 1.165) is 16.8 Å². The normalized spacial score (nSPS) is 27.4. The summed E-state index contributed by atoms with van der Waals surface area (Å²) in [5, 5.41) is 53.6. The van der Waals surface area contributed by atoms with E-state index in [9.17, 15) is 25.5 Å². The van der Waals surface area contributed by atoms with Crippen molar-refractivity contribution in [2.24, 2.45) is 0 Å². The van der Waals surface area contributed by atoms with Gasteiger partial charge < -0.3 is 35.0 Å². The van der Waals surface area contributed by atoms with E-state index in [1.54, 1.807) is 28.9 Å². The molecule has 160 valence electrons. The summed E-state index contributed by atoms with van der Waals surface area (Å²) in [6, 6.07) is 6.82. The Kier molecular flexibility index (Phi) is 6.45. The maximum atomic E-state index is 10.3. The molecule has 1 aliphatic heterocycles. The Hall–Kier alpha value is -2.17. The number of aromatic hydroxyl groups is 1. The molecule has 0 radical (unpaired) electrons. The third kappa shape index (κ3) is 4.39. The van der Waals surface area contributed by atoms with Gasteiger partial charge in [0.25, 0.3) is 0 Å². The van der Waals surface area contributed by atoms with Gasteiger partial charge in [0.05, 0.1) is 6.61 Å². The van der Waals surface area contributed by atoms with Gasteiger partial charge in [-0.25, -0.2) is 0 Å². The van der Waals surface area contributed by atoms with Gasteiger partial charge in [-0.3, -0.25) is 4.68 Å². The van der Waals surface area contributed by atoms with Crippen molar-refractivity contribution in [1.29, 1.82) is 0 Å². The van der Waals surface area contributed by atoms with E-state index in [1.807, 2.05) is 20.8 Å². The second-order valence-electron chi connectivity index (χ2n) is 7.57. The SMILES string of the molecule is Cc1c(Cc2ccc(O)cc2)c(O[C@@H]2O[C@H](CO)[C@@H](O)[C@H](O)[C@H]2O)nn1C(C)C. The standard InChI is InChI=1S/C20H28N2O7/c1-10(2)22-11(3)14(8-12-4-6-13(24)7-5-12)19(21-22)29-20-18(27)17(26)16(25)15(9-23)28-20/h4-7,10,15-18,20,23-27H,8-9H2,1-3H3/t15-,16-,17+,18-,20+/m1/s1. The van der Waals surface area contributed by atoms with Gasteiger partial charge in [0, 0.05) is 23.7 Å². The van der Waals surface area contributed by atoms with Crippen LogP contribution in [0.25, 0.3) is 0 Å². The van der Waals surface area contributed by atoms with Crippen LogP contribution in [0.3, 0.4) is 0 Å². The molecular formula is C20H28N2O7. The number of aromatic nitrogens is 2. The number of ether oxygens (including phenoxy) is 2. The number of hydrogen-bond acceptors (Lipinski definition) is 8. The summed E-state index contributed by atoms with van der Waals surface area (Å²) < 4.78 is 13.1. The summed E-state index contributed by atoms with van der Waals surface area (Å²) in [7, 11) is 0. The third-order valence-corrected chi connectivity index (χ3v) is 5.12. The minimum Gasteiger partial charge on any atom is -0.508 e. The average Bonchev–Trinajstić information content (AvgIpc) is 3.00. The molecule has 0 aliphatic carbocycles. The highest BCUT2D eigenvalue weighted by molar-refractivity contribution is 5.38. The lowest BCUT2D eigenvalue weighted by atomic mass is 9.99. The molecule has 0 amide bonds. The number of hydrogen-bond donors (Lipinski definition) is 5. The predicted octanol–water partition coefficient (Wildman–Crippen LogP) is 0.248. The first-order valence-corrected chi connectivity index (χ1v) is 9.56. The fourth-order valence-electron chi connectivity index (χ4n) is 3.42. The minimum atomic E-state index is -1.53. The maximum absolute atomic E-state index is 10.3. The molecule has 1 aliphatic rings. The van der Waals surface area contributed by atoms with Gasteiger partial charge in [-0.2, -0.15) is 0 Å². The van der Waals surface area contributed by atoms with Crippen LogP contribution in [0.5, 0.6) is 11.6 Å². The monoisotopic (exact) mass is 408 g/mol. The van der Waals surface area contributed by atoms with Crippen molar-refractivity contribution < 1.29 is 35.0 Å². The molecule has 2 aromatic rings. The number of aliphatic hydroxyl groups excluding tert-OH is 4. The zero-order chi connectivity index (χ0) is 21.3. The van der Waals surface area contributed by atoms with Crippen LogP contribution in [0.1, 0.15) is 36.7 Å². The molecule has 0 saturated carbocycles. The topological polar surface area (TPSA) is 137 Å². The van der Waals surface area contributed by atoms with E-state index in [-0.39, 0.29) is 17.7 Å². The van der Waals surface area contributed by atoms with Crippen LogP contribution in [0.15, 0.2) is 24.3 Å². The molecule has 9 nitrogen and oxygen atoms in total. The van der Waals surface area contributed by atoms with Crippen LogP contribution >= 0.6 is 0 Å². The van der Waals surface area contributed by atoms with Crippen molar-refractivity contribution in [3.8, 4) is 11.6 Å². The zero-order valence-electron chi connectivity index (χ0n) is 16.6. The molecule has 0 bridgehead atoms. The van der Waals surface area contributed by atoms with Gasteiger partial charge in [-0.15, -0.1) is 5.10 Å². The zero-order valence-corrected chi connectivity index (χ0v) is 16.6. The summed E-state index contributed by atoms with van der Waals surface area (Å²) in [4.78, 5) is 0. The van der Waals surface area contributed by atoms with Crippen molar-refractivity contribution in [3.05, 3.63) is 41.1 Å². The van der Waals surface area contributed by atoms with Crippen LogP contribution in [0.4, 0.5) is 0 Å². The second-order valence-corrected chi connectivity index (χ2v) is 7.57.